The third-order valence-electron chi connectivity index (χ3n) is 8.79. The van der Waals surface area contributed by atoms with Gasteiger partial charge in [-0.3, -0.25) is 0 Å². The van der Waals surface area contributed by atoms with Gasteiger partial charge in [-0.15, -0.1) is 0 Å². The molecule has 238 valence electrons. The quantitative estimate of drug-likeness (QED) is 0.0918. The topological polar surface area (TPSA) is 47.6 Å². The summed E-state index contributed by atoms with van der Waals surface area (Å²) >= 11 is 3.71. The number of ether oxygens (including phenoxy) is 1. The Labute approximate surface area is 283 Å². The van der Waals surface area contributed by atoms with Crippen molar-refractivity contribution in [3.63, 3.8) is 0 Å². The predicted octanol–water partition coefficient (Wildman–Crippen LogP) is 8.61. The second kappa shape index (κ2) is 15.3. The van der Waals surface area contributed by atoms with Crippen LogP contribution < -0.4 is 15.7 Å². The van der Waals surface area contributed by atoms with E-state index >= 15 is 0 Å². The minimum Gasteiger partial charge on any atom is -0.449 e. The van der Waals surface area contributed by atoms with Crippen molar-refractivity contribution in [2.75, 3.05) is 18.5 Å². The molecule has 1 aliphatic rings. The van der Waals surface area contributed by atoms with E-state index in [1.807, 2.05) is 30.4 Å². The second-order valence-electron chi connectivity index (χ2n) is 12.9. The van der Waals surface area contributed by atoms with E-state index < -0.39 is 14.4 Å². The van der Waals surface area contributed by atoms with E-state index in [1.54, 1.807) is 0 Å². The summed E-state index contributed by atoms with van der Waals surface area (Å²) in [5.41, 5.74) is 4.84. The van der Waals surface area contributed by atoms with Gasteiger partial charge in [0.2, 0.25) is 0 Å². The number of amides is 1. The number of carbonyl (C=O) groups is 1. The maximum atomic E-state index is 12.6. The van der Waals surface area contributed by atoms with Gasteiger partial charge in [0.05, 0.1) is 6.10 Å². The van der Waals surface area contributed by atoms with E-state index in [-0.39, 0.29) is 23.0 Å². The normalized spacial score (nSPS) is 14.6. The number of hydrogen-bond donors (Lipinski definition) is 1. The van der Waals surface area contributed by atoms with Crippen molar-refractivity contribution in [2.45, 2.75) is 44.8 Å². The Morgan fingerprint density at radius 3 is 1.87 bits per heavy atom. The molecule has 0 unspecified atom stereocenters. The van der Waals surface area contributed by atoms with Crippen molar-refractivity contribution in [3.05, 3.63) is 145 Å². The molecule has 0 aromatic heterocycles. The highest BCUT2D eigenvalue weighted by atomic mass is 79.9. The van der Waals surface area contributed by atoms with Gasteiger partial charge < -0.3 is 14.5 Å². The number of hydrogen-bond acceptors (Lipinski definition) is 3. The fourth-order valence-electron chi connectivity index (χ4n) is 6.44. The van der Waals surface area contributed by atoms with E-state index in [1.165, 1.54) is 32.6 Å². The lowest BCUT2D eigenvalue weighted by Crippen LogP contribution is -2.68. The van der Waals surface area contributed by atoms with Crippen LogP contribution in [0.2, 0.25) is 5.04 Å². The highest BCUT2D eigenvalue weighted by Crippen LogP contribution is 2.44. The number of alkyl halides is 1. The summed E-state index contributed by atoms with van der Waals surface area (Å²) < 4.78 is 13.1. The first-order valence-electron chi connectivity index (χ1n) is 16.0. The zero-order valence-electron chi connectivity index (χ0n) is 27.2. The number of fused-ring (bicyclic) bond motifs is 3. The van der Waals surface area contributed by atoms with E-state index in [0.717, 1.165) is 5.33 Å². The molecular weight excluding hydrogens is 650 g/mol. The van der Waals surface area contributed by atoms with Crippen LogP contribution in [-0.2, 0) is 9.16 Å². The van der Waals surface area contributed by atoms with Crippen LogP contribution in [0.15, 0.2) is 133 Å². The molecule has 4 aromatic rings. The molecular formula is C40H44BrNO3Si. The van der Waals surface area contributed by atoms with Crippen LogP contribution in [0, 0.1) is 5.92 Å². The molecule has 0 radical (unpaired) electrons. The molecule has 1 aliphatic carbocycles. The van der Waals surface area contributed by atoms with Gasteiger partial charge in [0, 0.05) is 17.8 Å². The van der Waals surface area contributed by atoms with E-state index in [0.29, 0.717) is 13.2 Å². The zero-order chi connectivity index (χ0) is 32.6. The number of allylic oxidation sites excluding steroid dienone is 2. The maximum Gasteiger partial charge on any atom is 0.407 e. The van der Waals surface area contributed by atoms with Gasteiger partial charge >= 0.3 is 6.09 Å². The molecule has 4 aromatic carbocycles. The lowest BCUT2D eigenvalue weighted by molar-refractivity contribution is 0.144. The molecule has 0 saturated carbocycles. The minimum atomic E-state index is -2.72. The predicted molar refractivity (Wildman–Crippen MR) is 197 cm³/mol. The van der Waals surface area contributed by atoms with Crippen LogP contribution in [0.3, 0.4) is 0 Å². The van der Waals surface area contributed by atoms with Gasteiger partial charge in [-0.1, -0.05) is 177 Å². The van der Waals surface area contributed by atoms with Crippen LogP contribution in [0.4, 0.5) is 4.79 Å². The first-order valence-corrected chi connectivity index (χ1v) is 19.1. The molecule has 0 fully saturated rings. The van der Waals surface area contributed by atoms with E-state index in [2.05, 4.69) is 152 Å². The van der Waals surface area contributed by atoms with E-state index in [9.17, 15) is 4.79 Å². The molecule has 0 heterocycles. The Kier molecular flexibility index (Phi) is 11.2. The highest BCUT2D eigenvalue weighted by molar-refractivity contribution is 9.09. The lowest BCUT2D eigenvalue weighted by Gasteiger charge is -2.45. The van der Waals surface area contributed by atoms with Crippen LogP contribution in [0.25, 0.3) is 11.1 Å². The van der Waals surface area contributed by atoms with Gasteiger partial charge in [-0.05, 0) is 43.6 Å². The largest absolute Gasteiger partial charge is 0.449 e. The third kappa shape index (κ3) is 7.30. The van der Waals surface area contributed by atoms with Crippen molar-refractivity contribution in [2.24, 2.45) is 5.92 Å². The number of benzene rings is 4. The smallest absolute Gasteiger partial charge is 0.407 e. The van der Waals surface area contributed by atoms with Gasteiger partial charge in [0.25, 0.3) is 8.32 Å². The monoisotopic (exact) mass is 693 g/mol. The average molecular weight is 695 g/mol. The van der Waals surface area contributed by atoms with Crippen molar-refractivity contribution >= 4 is 40.7 Å². The molecule has 5 rings (SSSR count). The molecule has 1 amide bonds. The SMILES string of the molecule is C[C@H](CBr)[C@@H](/C=C/C=C/CNC(=O)OCC1c2ccccc2-c2ccccc21)O[Si](c1ccccc1)(c1ccccc1)C(C)(C)C. The Balaban J connectivity index is 1.23. The fraction of sp³-hybridized carbons (Fsp3) is 0.275. The Morgan fingerprint density at radius 2 is 1.35 bits per heavy atom. The molecule has 0 spiro atoms. The number of halogens is 1. The van der Waals surface area contributed by atoms with Gasteiger partial charge in [-0.25, -0.2) is 4.79 Å². The highest BCUT2D eigenvalue weighted by Gasteiger charge is 2.51. The first-order chi connectivity index (χ1) is 22.3. The van der Waals surface area contributed by atoms with E-state index in [4.69, 9.17) is 9.16 Å². The Morgan fingerprint density at radius 1 is 0.826 bits per heavy atom. The molecule has 4 nitrogen and oxygen atoms in total. The van der Waals surface area contributed by atoms with Gasteiger partial charge in [-0.2, -0.15) is 0 Å². The summed E-state index contributed by atoms with van der Waals surface area (Å²) in [6.07, 6.45) is 7.53. The fourth-order valence-corrected chi connectivity index (χ4v) is 11.5. The molecule has 0 bridgehead atoms. The van der Waals surface area contributed by atoms with Crippen LogP contribution >= 0.6 is 15.9 Å². The summed E-state index contributed by atoms with van der Waals surface area (Å²) in [6, 6.07) is 38.2. The van der Waals surface area contributed by atoms with Crippen LogP contribution in [0.5, 0.6) is 0 Å². The zero-order valence-corrected chi connectivity index (χ0v) is 29.7. The molecule has 1 N–H and O–H groups in total. The van der Waals surface area contributed by atoms with Crippen molar-refractivity contribution in [1.82, 2.24) is 5.32 Å². The van der Waals surface area contributed by atoms with Crippen molar-refractivity contribution in [1.29, 1.82) is 0 Å². The molecule has 6 heteroatoms. The van der Waals surface area contributed by atoms with Crippen molar-refractivity contribution < 1.29 is 14.0 Å². The summed E-state index contributed by atoms with van der Waals surface area (Å²) in [6.45, 7) is 9.78. The van der Waals surface area contributed by atoms with Crippen LogP contribution in [-0.4, -0.2) is 39.0 Å². The standard InChI is InChI=1S/C40H44BrNO3Si/c1-30(28-41)38(45-46(40(2,3)4,31-18-8-5-9-19-31)32-20-10-6-11-21-32)26-12-7-17-27-42-39(43)44-29-37-35-24-15-13-22-33(35)34-23-14-16-25-36(34)37/h5-26,30,37-38H,27-29H2,1-4H3,(H,42,43)/b17-7+,26-12+/t30-,38-/m1/s1. The average Bonchev–Trinajstić information content (AvgIpc) is 3.40. The van der Waals surface area contributed by atoms with Gasteiger partial charge in [0.15, 0.2) is 0 Å². The number of alkyl carbamates (subject to hydrolysis) is 1. The number of rotatable bonds is 12. The molecule has 0 saturated heterocycles. The first kappa shape index (κ1) is 33.6. The molecule has 0 aliphatic heterocycles. The summed E-state index contributed by atoms with van der Waals surface area (Å²) in [5, 5.41) is 6.08. The second-order valence-corrected chi connectivity index (χ2v) is 17.8. The molecule has 2 atom stereocenters. The summed E-state index contributed by atoms with van der Waals surface area (Å²) in [5.74, 6) is 0.283. The Hall–Kier alpha value is -3.71. The lowest BCUT2D eigenvalue weighted by atomic mass is 9.98. The van der Waals surface area contributed by atoms with Crippen molar-refractivity contribution in [3.8, 4) is 11.1 Å². The Bertz CT molecular complexity index is 1560. The summed E-state index contributed by atoms with van der Waals surface area (Å²) in [4.78, 5) is 12.6. The third-order valence-corrected chi connectivity index (χ3v) is 14.8. The minimum absolute atomic E-state index is 0.0421. The number of carbonyl (C=O) groups excluding carboxylic acids is 1. The molecule has 46 heavy (non-hydrogen) atoms. The van der Waals surface area contributed by atoms with Crippen LogP contribution in [0.1, 0.15) is 44.7 Å². The maximum absolute atomic E-state index is 12.6. The number of nitrogens with one attached hydrogen (secondary N) is 1. The summed E-state index contributed by atoms with van der Waals surface area (Å²) in [7, 11) is -2.72. The van der Waals surface area contributed by atoms with Gasteiger partial charge in [0.1, 0.15) is 6.61 Å².